The van der Waals surface area contributed by atoms with Crippen LogP contribution in [0.15, 0.2) is 22.7 Å². The zero-order chi connectivity index (χ0) is 15.8. The van der Waals surface area contributed by atoms with Crippen molar-refractivity contribution in [2.45, 2.75) is 45.2 Å². The first-order valence-corrected chi connectivity index (χ1v) is 8.01. The second kappa shape index (κ2) is 5.97. The Kier molecular flexibility index (Phi) is 4.63. The molecule has 0 bridgehead atoms. The van der Waals surface area contributed by atoms with Crippen LogP contribution in [-0.2, 0) is 11.3 Å². The molecule has 1 amide bonds. The normalized spacial score (nSPS) is 13.4. The number of nitrogens with zero attached hydrogens (tertiary/aromatic N) is 2. The quantitative estimate of drug-likeness (QED) is 0.827. The minimum atomic E-state index is -0.265. The number of amides is 1. The van der Waals surface area contributed by atoms with Gasteiger partial charge in [0.25, 0.3) is 0 Å². The van der Waals surface area contributed by atoms with Gasteiger partial charge in [0.05, 0.1) is 16.4 Å². The van der Waals surface area contributed by atoms with E-state index in [0.29, 0.717) is 5.82 Å². The van der Waals surface area contributed by atoms with E-state index in [0.717, 1.165) is 15.5 Å². The number of hydrogen-bond acceptors (Lipinski definition) is 2. The topological polar surface area (TPSA) is 46.9 Å². The summed E-state index contributed by atoms with van der Waals surface area (Å²) in [4.78, 5) is 16.7. The van der Waals surface area contributed by atoms with Crippen LogP contribution in [0.3, 0.4) is 0 Å². The van der Waals surface area contributed by atoms with Crippen LogP contribution in [0.2, 0.25) is 0 Å². The second-order valence-corrected chi connectivity index (χ2v) is 7.67. The average molecular weight is 373 g/mol. The van der Waals surface area contributed by atoms with Crippen LogP contribution in [0.1, 0.15) is 38.9 Å². The molecule has 0 spiro atoms. The van der Waals surface area contributed by atoms with E-state index in [-0.39, 0.29) is 23.4 Å². The molecule has 2 aromatic rings. The number of rotatable bonds is 3. The highest BCUT2D eigenvalue weighted by atomic mass is 79.9. The molecule has 0 radical (unpaired) electrons. The van der Waals surface area contributed by atoms with Gasteiger partial charge in [0.15, 0.2) is 0 Å². The van der Waals surface area contributed by atoms with Gasteiger partial charge in [-0.05, 0) is 45.9 Å². The third kappa shape index (κ3) is 3.98. The molecule has 0 fully saturated rings. The molecule has 4 nitrogen and oxygen atoms in total. The Morgan fingerprint density at radius 2 is 2.14 bits per heavy atom. The molecule has 0 aliphatic carbocycles. The molecule has 1 aromatic heterocycles. The smallest absolute Gasteiger partial charge is 0.240 e. The van der Waals surface area contributed by atoms with Gasteiger partial charge in [0.1, 0.15) is 12.4 Å². The summed E-state index contributed by atoms with van der Waals surface area (Å²) < 4.78 is 2.82. The first-order chi connectivity index (χ1) is 9.67. The summed E-state index contributed by atoms with van der Waals surface area (Å²) in [5.41, 5.74) is 1.47. The number of hydrogen-bond donors (Lipinski definition) is 1. The van der Waals surface area contributed by atoms with Gasteiger partial charge in [-0.25, -0.2) is 4.98 Å². The summed E-state index contributed by atoms with van der Waals surface area (Å²) in [5, 5.41) is 2.70. The number of imidazole rings is 1. The van der Waals surface area contributed by atoms with Crippen LogP contribution in [-0.4, -0.2) is 21.0 Å². The maximum absolute atomic E-state index is 12.2. The van der Waals surface area contributed by atoms with Crippen molar-refractivity contribution in [2.75, 3.05) is 0 Å². The van der Waals surface area contributed by atoms with Crippen LogP contribution in [0.4, 0.5) is 0 Å². The SMILES string of the molecule is CC(Cl)c1nc2ccc(Br)cc2n1CC(=O)NC(C)(C)C. The number of aromatic nitrogens is 2. The standard InChI is InChI=1S/C15H19BrClN3O/c1-9(17)14-18-11-6-5-10(16)7-12(11)20(14)8-13(21)19-15(2,3)4/h5-7,9H,8H2,1-4H3,(H,19,21). The molecule has 0 aliphatic rings. The van der Waals surface area contributed by atoms with E-state index < -0.39 is 0 Å². The lowest BCUT2D eigenvalue weighted by atomic mass is 10.1. The van der Waals surface area contributed by atoms with Crippen molar-refractivity contribution in [3.05, 3.63) is 28.5 Å². The lowest BCUT2D eigenvalue weighted by molar-refractivity contribution is -0.123. The zero-order valence-corrected chi connectivity index (χ0v) is 14.9. The fraction of sp³-hybridized carbons (Fsp3) is 0.467. The van der Waals surface area contributed by atoms with E-state index in [1.807, 2.05) is 50.5 Å². The third-order valence-corrected chi connectivity index (χ3v) is 3.60. The predicted molar refractivity (Wildman–Crippen MR) is 89.6 cm³/mol. The van der Waals surface area contributed by atoms with Gasteiger partial charge in [-0.15, -0.1) is 11.6 Å². The Labute approximate surface area is 138 Å². The van der Waals surface area contributed by atoms with Gasteiger partial charge in [0, 0.05) is 10.0 Å². The Balaban J connectivity index is 2.43. The van der Waals surface area contributed by atoms with Crippen molar-refractivity contribution >= 4 is 44.5 Å². The number of carbonyl (C=O) groups excluding carboxylic acids is 1. The fourth-order valence-corrected chi connectivity index (χ4v) is 2.70. The summed E-state index contributed by atoms with van der Waals surface area (Å²) in [5.74, 6) is 0.647. The molecule has 0 saturated carbocycles. The predicted octanol–water partition coefficient (Wildman–Crippen LogP) is 4.01. The Morgan fingerprint density at radius 1 is 1.48 bits per heavy atom. The van der Waals surface area contributed by atoms with E-state index in [1.54, 1.807) is 0 Å². The van der Waals surface area contributed by atoms with E-state index >= 15 is 0 Å². The molecule has 1 N–H and O–H groups in total. The minimum Gasteiger partial charge on any atom is -0.350 e. The molecular weight excluding hydrogens is 354 g/mol. The van der Waals surface area contributed by atoms with Gasteiger partial charge in [-0.3, -0.25) is 4.79 Å². The van der Waals surface area contributed by atoms with Crippen molar-refractivity contribution in [1.82, 2.24) is 14.9 Å². The maximum Gasteiger partial charge on any atom is 0.240 e. The second-order valence-electron chi connectivity index (χ2n) is 6.10. The van der Waals surface area contributed by atoms with E-state index in [4.69, 9.17) is 11.6 Å². The lowest BCUT2D eigenvalue weighted by Crippen LogP contribution is -2.42. The molecule has 1 atom stereocenters. The van der Waals surface area contributed by atoms with Crippen LogP contribution in [0, 0.1) is 0 Å². The van der Waals surface area contributed by atoms with Crippen molar-refractivity contribution < 1.29 is 4.79 Å². The van der Waals surface area contributed by atoms with Gasteiger partial charge >= 0.3 is 0 Å². The Hall–Kier alpha value is -1.07. The van der Waals surface area contributed by atoms with E-state index in [1.165, 1.54) is 0 Å². The number of nitrogens with one attached hydrogen (secondary N) is 1. The summed E-state index contributed by atoms with van der Waals surface area (Å²) in [6.45, 7) is 7.93. The van der Waals surface area contributed by atoms with E-state index in [9.17, 15) is 4.79 Å². The van der Waals surface area contributed by atoms with Gasteiger partial charge in [0.2, 0.25) is 5.91 Å². The van der Waals surface area contributed by atoms with Crippen molar-refractivity contribution in [2.24, 2.45) is 0 Å². The van der Waals surface area contributed by atoms with Crippen LogP contribution in [0.5, 0.6) is 0 Å². The minimum absolute atomic E-state index is 0.0552. The first kappa shape index (κ1) is 16.3. The highest BCUT2D eigenvalue weighted by molar-refractivity contribution is 9.10. The van der Waals surface area contributed by atoms with Crippen molar-refractivity contribution in [1.29, 1.82) is 0 Å². The highest BCUT2D eigenvalue weighted by Gasteiger charge is 2.19. The molecule has 6 heteroatoms. The van der Waals surface area contributed by atoms with Gasteiger partial charge in [-0.1, -0.05) is 15.9 Å². The number of halogens is 2. The molecule has 114 valence electrons. The number of fused-ring (bicyclic) bond motifs is 1. The number of benzene rings is 1. The Bertz CT molecular complexity index is 673. The highest BCUT2D eigenvalue weighted by Crippen LogP contribution is 2.26. The van der Waals surface area contributed by atoms with Crippen molar-refractivity contribution in [3.63, 3.8) is 0 Å². The number of alkyl halides is 1. The van der Waals surface area contributed by atoms with E-state index in [2.05, 4.69) is 26.2 Å². The molecule has 1 aromatic carbocycles. The van der Waals surface area contributed by atoms with Crippen LogP contribution >= 0.6 is 27.5 Å². The average Bonchev–Trinajstić information content (AvgIpc) is 2.65. The molecule has 1 unspecified atom stereocenters. The summed E-state index contributed by atoms with van der Waals surface area (Å²) in [7, 11) is 0. The van der Waals surface area contributed by atoms with Gasteiger partial charge in [-0.2, -0.15) is 0 Å². The Morgan fingerprint density at radius 3 is 2.71 bits per heavy atom. The zero-order valence-electron chi connectivity index (χ0n) is 12.6. The maximum atomic E-state index is 12.2. The summed E-state index contributed by atoms with van der Waals surface area (Å²) in [6, 6.07) is 5.80. The molecule has 2 rings (SSSR count). The molecule has 0 saturated heterocycles. The number of carbonyl (C=O) groups is 1. The first-order valence-electron chi connectivity index (χ1n) is 6.78. The van der Waals surface area contributed by atoms with Crippen LogP contribution in [0.25, 0.3) is 11.0 Å². The summed E-state index contributed by atoms with van der Waals surface area (Å²) >= 11 is 9.66. The van der Waals surface area contributed by atoms with Gasteiger partial charge < -0.3 is 9.88 Å². The molecular formula is C15H19BrClN3O. The van der Waals surface area contributed by atoms with Crippen LogP contribution < -0.4 is 5.32 Å². The summed E-state index contributed by atoms with van der Waals surface area (Å²) in [6.07, 6.45) is 0. The van der Waals surface area contributed by atoms with Crippen molar-refractivity contribution in [3.8, 4) is 0 Å². The monoisotopic (exact) mass is 371 g/mol. The molecule has 0 aliphatic heterocycles. The fourth-order valence-electron chi connectivity index (χ4n) is 2.19. The lowest BCUT2D eigenvalue weighted by Gasteiger charge is -2.21. The largest absolute Gasteiger partial charge is 0.350 e. The third-order valence-electron chi connectivity index (χ3n) is 2.91. The molecule has 21 heavy (non-hydrogen) atoms. The molecule has 1 heterocycles.